The van der Waals surface area contributed by atoms with E-state index in [1.54, 1.807) is 17.8 Å². The van der Waals surface area contributed by atoms with Gasteiger partial charge in [-0.05, 0) is 18.6 Å². The summed E-state index contributed by atoms with van der Waals surface area (Å²) in [7, 11) is 0. The maximum atomic E-state index is 12.6. The fourth-order valence-corrected chi connectivity index (χ4v) is 4.50. The Morgan fingerprint density at radius 2 is 2.06 bits per heavy atom. The Balaban J connectivity index is 1.33. The number of benzene rings is 1. The van der Waals surface area contributed by atoms with Gasteiger partial charge in [-0.3, -0.25) is 4.79 Å². The fraction of sp³-hybridized carbons (Fsp3) is 0.391. The molecule has 1 aliphatic rings. The molecule has 0 radical (unpaired) electrons. The molecule has 1 N–H and O–H groups in total. The lowest BCUT2D eigenvalue weighted by Gasteiger charge is -2.28. The summed E-state index contributed by atoms with van der Waals surface area (Å²) < 4.78 is 13.0. The number of hydrogen-bond donors (Lipinski definition) is 1. The number of nitrogens with one attached hydrogen (secondary N) is 1. The number of para-hydroxylation sites is 1. The zero-order valence-corrected chi connectivity index (χ0v) is 19.3. The number of morpholine rings is 1. The van der Waals surface area contributed by atoms with Gasteiger partial charge in [-0.2, -0.15) is 5.10 Å². The summed E-state index contributed by atoms with van der Waals surface area (Å²) in [5.74, 6) is 1.91. The molecular formula is C23H26N6O3S. The van der Waals surface area contributed by atoms with Crippen molar-refractivity contribution in [1.29, 1.82) is 0 Å². The highest BCUT2D eigenvalue weighted by molar-refractivity contribution is 7.99. The van der Waals surface area contributed by atoms with Crippen molar-refractivity contribution in [3.05, 3.63) is 42.3 Å². The van der Waals surface area contributed by atoms with E-state index in [9.17, 15) is 4.79 Å². The average molecular weight is 467 g/mol. The normalized spacial score (nSPS) is 14.3. The van der Waals surface area contributed by atoms with Crippen LogP contribution in [0, 0.1) is 0 Å². The van der Waals surface area contributed by atoms with Crippen LogP contribution in [-0.2, 0) is 11.3 Å². The number of furan rings is 1. The third kappa shape index (κ3) is 4.67. The van der Waals surface area contributed by atoms with Crippen molar-refractivity contribution in [2.75, 3.05) is 43.5 Å². The van der Waals surface area contributed by atoms with Gasteiger partial charge in [-0.15, -0.1) is 0 Å². The number of nitrogens with zero attached hydrogens (tertiary/aromatic N) is 5. The number of ether oxygens (including phenoxy) is 1. The van der Waals surface area contributed by atoms with Crippen LogP contribution in [0.2, 0.25) is 0 Å². The molecule has 33 heavy (non-hydrogen) atoms. The third-order valence-electron chi connectivity index (χ3n) is 5.46. The van der Waals surface area contributed by atoms with Crippen LogP contribution in [0.3, 0.4) is 0 Å². The van der Waals surface area contributed by atoms with Gasteiger partial charge in [0, 0.05) is 30.8 Å². The first-order valence-electron chi connectivity index (χ1n) is 11.2. The number of anilines is 1. The van der Waals surface area contributed by atoms with E-state index >= 15 is 0 Å². The van der Waals surface area contributed by atoms with Gasteiger partial charge in [0.1, 0.15) is 11.4 Å². The molecule has 9 nitrogen and oxygen atoms in total. The molecule has 0 saturated carbocycles. The van der Waals surface area contributed by atoms with Crippen molar-refractivity contribution in [3.63, 3.8) is 0 Å². The minimum absolute atomic E-state index is 0.245. The van der Waals surface area contributed by atoms with E-state index in [0.29, 0.717) is 37.6 Å². The van der Waals surface area contributed by atoms with Gasteiger partial charge in [0.05, 0.1) is 31.3 Å². The summed E-state index contributed by atoms with van der Waals surface area (Å²) in [5.41, 5.74) is 1.48. The van der Waals surface area contributed by atoms with E-state index < -0.39 is 0 Å². The van der Waals surface area contributed by atoms with Crippen molar-refractivity contribution in [2.45, 2.75) is 25.0 Å². The van der Waals surface area contributed by atoms with E-state index in [1.807, 2.05) is 35.1 Å². The van der Waals surface area contributed by atoms with Crippen LogP contribution in [0.25, 0.3) is 22.0 Å². The van der Waals surface area contributed by atoms with E-state index in [-0.39, 0.29) is 5.91 Å². The van der Waals surface area contributed by atoms with Crippen molar-refractivity contribution in [2.24, 2.45) is 0 Å². The number of carbonyl (C=O) groups is 1. The maximum absolute atomic E-state index is 12.6. The summed E-state index contributed by atoms with van der Waals surface area (Å²) in [6.45, 7) is 6.00. The number of aromatic nitrogens is 4. The SMILES string of the molecule is CCCSc1nc(N2CCOCC2)c2cnn(CCNC(=O)c3cc4ccccc4o3)c2n1. The Kier molecular flexibility index (Phi) is 6.45. The Morgan fingerprint density at radius 1 is 1.21 bits per heavy atom. The molecule has 1 amide bonds. The molecule has 10 heteroatoms. The van der Waals surface area contributed by atoms with E-state index in [2.05, 4.69) is 22.2 Å². The van der Waals surface area contributed by atoms with Gasteiger partial charge in [0.25, 0.3) is 5.91 Å². The highest BCUT2D eigenvalue weighted by atomic mass is 32.2. The lowest BCUT2D eigenvalue weighted by Crippen LogP contribution is -2.37. The van der Waals surface area contributed by atoms with E-state index in [4.69, 9.17) is 19.1 Å². The van der Waals surface area contributed by atoms with Crippen molar-refractivity contribution in [1.82, 2.24) is 25.1 Å². The molecule has 3 aromatic heterocycles. The standard InChI is InChI=1S/C23H26N6O3S/c1-2-13-33-23-26-20(28-9-11-31-12-10-28)17-15-25-29(21(17)27-23)8-7-24-22(30)19-14-16-5-3-4-6-18(16)32-19/h3-6,14-15H,2,7-13H2,1H3,(H,24,30). The van der Waals surface area contributed by atoms with Crippen LogP contribution >= 0.6 is 11.8 Å². The molecular weight excluding hydrogens is 440 g/mol. The maximum Gasteiger partial charge on any atom is 0.287 e. The second-order valence-electron chi connectivity index (χ2n) is 7.79. The smallest absolute Gasteiger partial charge is 0.287 e. The lowest BCUT2D eigenvalue weighted by molar-refractivity contribution is 0.0926. The summed E-state index contributed by atoms with van der Waals surface area (Å²) in [5, 5.41) is 10.0. The molecule has 5 rings (SSSR count). The van der Waals surface area contributed by atoms with Crippen LogP contribution < -0.4 is 10.2 Å². The van der Waals surface area contributed by atoms with Crippen LogP contribution in [0.1, 0.15) is 23.9 Å². The second kappa shape index (κ2) is 9.80. The molecule has 0 spiro atoms. The van der Waals surface area contributed by atoms with Gasteiger partial charge >= 0.3 is 0 Å². The molecule has 1 fully saturated rings. The minimum Gasteiger partial charge on any atom is -0.451 e. The monoisotopic (exact) mass is 466 g/mol. The second-order valence-corrected chi connectivity index (χ2v) is 8.85. The minimum atomic E-state index is -0.245. The molecule has 4 heterocycles. The molecule has 0 unspecified atom stereocenters. The highest BCUT2D eigenvalue weighted by Gasteiger charge is 2.20. The molecule has 0 bridgehead atoms. The van der Waals surface area contributed by atoms with Crippen LogP contribution in [0.5, 0.6) is 0 Å². The first kappa shape index (κ1) is 21.7. The van der Waals surface area contributed by atoms with Gasteiger partial charge in [0.2, 0.25) is 0 Å². The first-order valence-corrected chi connectivity index (χ1v) is 12.2. The molecule has 1 aliphatic heterocycles. The van der Waals surface area contributed by atoms with E-state index in [0.717, 1.165) is 52.7 Å². The molecule has 1 aromatic carbocycles. The summed E-state index contributed by atoms with van der Waals surface area (Å²) in [6.07, 6.45) is 2.86. The Hall–Kier alpha value is -3.11. The molecule has 4 aromatic rings. The largest absolute Gasteiger partial charge is 0.451 e. The lowest BCUT2D eigenvalue weighted by atomic mass is 10.2. The molecule has 1 saturated heterocycles. The Bertz CT molecular complexity index is 1230. The fourth-order valence-electron chi connectivity index (χ4n) is 3.81. The van der Waals surface area contributed by atoms with Gasteiger partial charge in [-0.1, -0.05) is 36.9 Å². The molecule has 172 valence electrons. The van der Waals surface area contributed by atoms with Crippen LogP contribution in [0.15, 0.2) is 46.1 Å². The molecule has 0 aliphatic carbocycles. The predicted molar refractivity (Wildman–Crippen MR) is 128 cm³/mol. The number of carbonyl (C=O) groups excluding carboxylic acids is 1. The number of amides is 1. The summed E-state index contributed by atoms with van der Waals surface area (Å²) in [4.78, 5) is 24.4. The van der Waals surface area contributed by atoms with Crippen molar-refractivity contribution < 1.29 is 13.9 Å². The number of rotatable bonds is 8. The van der Waals surface area contributed by atoms with Gasteiger partial charge < -0.3 is 19.4 Å². The summed E-state index contributed by atoms with van der Waals surface area (Å²) >= 11 is 1.65. The van der Waals surface area contributed by atoms with Crippen LogP contribution in [-0.4, -0.2) is 64.3 Å². The number of thioether (sulfide) groups is 1. The van der Waals surface area contributed by atoms with Crippen molar-refractivity contribution >= 4 is 45.5 Å². The number of hydrogen-bond acceptors (Lipinski definition) is 8. The summed E-state index contributed by atoms with van der Waals surface area (Å²) in [6, 6.07) is 9.33. The molecule has 0 atom stereocenters. The highest BCUT2D eigenvalue weighted by Crippen LogP contribution is 2.28. The zero-order valence-electron chi connectivity index (χ0n) is 18.5. The van der Waals surface area contributed by atoms with Crippen LogP contribution in [0.4, 0.5) is 5.82 Å². The predicted octanol–water partition coefficient (Wildman–Crippen LogP) is 3.34. The average Bonchev–Trinajstić information content (AvgIpc) is 3.47. The number of fused-ring (bicyclic) bond motifs is 2. The van der Waals surface area contributed by atoms with E-state index in [1.165, 1.54) is 0 Å². The Labute approximate surface area is 195 Å². The first-order chi connectivity index (χ1) is 16.2. The zero-order chi connectivity index (χ0) is 22.6. The van der Waals surface area contributed by atoms with Gasteiger partial charge in [0.15, 0.2) is 16.6 Å². The topological polar surface area (TPSA) is 98.3 Å². The Morgan fingerprint density at radius 3 is 2.88 bits per heavy atom. The third-order valence-corrected chi connectivity index (χ3v) is 6.51. The van der Waals surface area contributed by atoms with Gasteiger partial charge in [-0.25, -0.2) is 14.6 Å². The quantitative estimate of drug-likeness (QED) is 0.312. The van der Waals surface area contributed by atoms with Crippen molar-refractivity contribution in [3.8, 4) is 0 Å².